The molecule has 1 heterocycles. The molecular formula is C22H24BrCl2N5O2. The van der Waals surface area contributed by atoms with Crippen molar-refractivity contribution in [2.45, 2.75) is 31.7 Å². The number of amides is 3. The van der Waals surface area contributed by atoms with Crippen LogP contribution in [-0.4, -0.2) is 41.4 Å². The Balaban J connectivity index is 1.92. The van der Waals surface area contributed by atoms with Crippen molar-refractivity contribution in [1.29, 1.82) is 0 Å². The van der Waals surface area contributed by atoms with Crippen LogP contribution in [0.5, 0.6) is 0 Å². The number of nitrogens with zero attached hydrogens (tertiary/aromatic N) is 3. The van der Waals surface area contributed by atoms with E-state index in [-0.39, 0.29) is 11.9 Å². The highest BCUT2D eigenvalue weighted by Crippen LogP contribution is 2.37. The summed E-state index contributed by atoms with van der Waals surface area (Å²) in [5.74, 6) is -0.297. The van der Waals surface area contributed by atoms with E-state index in [4.69, 9.17) is 34.7 Å². The number of aliphatic imine (C=N–C) groups is 1. The van der Waals surface area contributed by atoms with Gasteiger partial charge in [-0.15, -0.1) is 0 Å². The molecule has 0 saturated carbocycles. The molecule has 0 radical (unpaired) electrons. The molecule has 3 amide bonds. The van der Waals surface area contributed by atoms with Crippen LogP contribution in [-0.2, 0) is 11.2 Å². The first-order valence-electron chi connectivity index (χ1n) is 10.0. The largest absolute Gasteiger partial charge is 0.370 e. The van der Waals surface area contributed by atoms with Gasteiger partial charge < -0.3 is 16.4 Å². The number of carbonyl (C=O) groups excluding carboxylic acids is 2. The molecule has 4 N–H and O–H groups in total. The van der Waals surface area contributed by atoms with Crippen molar-refractivity contribution in [3.05, 3.63) is 62.5 Å². The Labute approximate surface area is 205 Å². The van der Waals surface area contributed by atoms with Crippen LogP contribution < -0.4 is 16.4 Å². The highest BCUT2D eigenvalue weighted by Gasteiger charge is 2.54. The van der Waals surface area contributed by atoms with E-state index in [0.29, 0.717) is 48.1 Å². The number of rotatable bonds is 8. The van der Waals surface area contributed by atoms with Crippen LogP contribution in [0.25, 0.3) is 0 Å². The van der Waals surface area contributed by atoms with E-state index in [9.17, 15) is 9.59 Å². The fourth-order valence-electron chi connectivity index (χ4n) is 3.77. The Kier molecular flexibility index (Phi) is 7.69. The minimum Gasteiger partial charge on any atom is -0.370 e. The summed E-state index contributed by atoms with van der Waals surface area (Å²) in [6.45, 7) is 2.62. The number of unbranched alkanes of at least 4 members (excludes halogenated alkanes) is 1. The Morgan fingerprint density at radius 2 is 1.69 bits per heavy atom. The maximum atomic E-state index is 13.6. The lowest BCUT2D eigenvalue weighted by Gasteiger charge is -2.32. The quantitative estimate of drug-likeness (QED) is 0.221. The lowest BCUT2D eigenvalue weighted by Crippen LogP contribution is -2.49. The van der Waals surface area contributed by atoms with E-state index in [1.165, 1.54) is 0 Å². The van der Waals surface area contributed by atoms with Gasteiger partial charge in [0.25, 0.3) is 5.91 Å². The van der Waals surface area contributed by atoms with E-state index in [1.807, 2.05) is 24.3 Å². The molecule has 32 heavy (non-hydrogen) atoms. The van der Waals surface area contributed by atoms with Crippen molar-refractivity contribution >= 4 is 62.7 Å². The molecule has 1 aliphatic heterocycles. The average molecular weight is 541 g/mol. The maximum absolute atomic E-state index is 13.6. The van der Waals surface area contributed by atoms with Gasteiger partial charge in [-0.25, -0.2) is 9.69 Å². The number of imide groups is 1. The second-order valence-electron chi connectivity index (χ2n) is 7.79. The van der Waals surface area contributed by atoms with Gasteiger partial charge in [0.2, 0.25) is 0 Å². The van der Waals surface area contributed by atoms with Crippen molar-refractivity contribution in [2.75, 3.05) is 18.0 Å². The molecule has 1 fully saturated rings. The highest BCUT2D eigenvalue weighted by molar-refractivity contribution is 9.10. The topological polar surface area (TPSA) is 105 Å². The lowest BCUT2D eigenvalue weighted by atomic mass is 9.91. The van der Waals surface area contributed by atoms with Crippen LogP contribution in [0, 0.1) is 0 Å². The number of urea groups is 1. The smallest absolute Gasteiger partial charge is 0.332 e. The van der Waals surface area contributed by atoms with Crippen LogP contribution in [0.3, 0.4) is 0 Å². The van der Waals surface area contributed by atoms with Crippen LogP contribution in [0.2, 0.25) is 10.0 Å². The lowest BCUT2D eigenvalue weighted by molar-refractivity contribution is -0.124. The Morgan fingerprint density at radius 3 is 2.28 bits per heavy atom. The van der Waals surface area contributed by atoms with Crippen LogP contribution in [0.1, 0.15) is 25.3 Å². The normalized spacial score (nSPS) is 18.4. The van der Waals surface area contributed by atoms with Gasteiger partial charge in [-0.3, -0.25) is 9.79 Å². The van der Waals surface area contributed by atoms with Gasteiger partial charge in [0, 0.05) is 34.0 Å². The van der Waals surface area contributed by atoms with Gasteiger partial charge in [0.15, 0.2) is 5.96 Å². The summed E-state index contributed by atoms with van der Waals surface area (Å²) in [7, 11) is 0. The third kappa shape index (κ3) is 5.36. The molecule has 0 aliphatic carbocycles. The van der Waals surface area contributed by atoms with Crippen LogP contribution in [0.15, 0.2) is 51.9 Å². The molecule has 0 bridgehead atoms. The number of hydrogen-bond donors (Lipinski definition) is 2. The third-order valence-electron chi connectivity index (χ3n) is 5.33. The third-order valence-corrected chi connectivity index (χ3v) is 6.30. The first-order chi connectivity index (χ1) is 15.1. The zero-order chi connectivity index (χ0) is 23.5. The highest BCUT2D eigenvalue weighted by atomic mass is 79.9. The summed E-state index contributed by atoms with van der Waals surface area (Å²) in [5, 5.41) is 0.691. The van der Waals surface area contributed by atoms with Crippen molar-refractivity contribution in [2.24, 2.45) is 16.5 Å². The average Bonchev–Trinajstić information content (AvgIpc) is 2.88. The molecule has 0 aromatic heterocycles. The summed E-state index contributed by atoms with van der Waals surface area (Å²) in [6.07, 6.45) is 1.67. The molecule has 10 heteroatoms. The SMILES string of the molecule is CC1(Cc2ccc(Br)cc2)C(=O)N(c2cc(Cl)cc(Cl)c2)C(=O)N1CCCCN=C(N)N. The van der Waals surface area contributed by atoms with Gasteiger partial charge in [-0.05, 0) is 55.7 Å². The molecule has 170 valence electrons. The summed E-state index contributed by atoms with van der Waals surface area (Å²) in [5.41, 5.74) is 11.0. The van der Waals surface area contributed by atoms with Crippen LogP contribution >= 0.6 is 39.1 Å². The van der Waals surface area contributed by atoms with E-state index in [0.717, 1.165) is 14.9 Å². The minimum atomic E-state index is -1.07. The van der Waals surface area contributed by atoms with Gasteiger partial charge >= 0.3 is 6.03 Å². The molecule has 1 atom stereocenters. The molecule has 3 rings (SSSR count). The molecule has 2 aromatic carbocycles. The molecule has 7 nitrogen and oxygen atoms in total. The maximum Gasteiger partial charge on any atom is 0.332 e. The number of anilines is 1. The molecule has 1 unspecified atom stereocenters. The number of halogens is 3. The molecule has 0 spiro atoms. The van der Waals surface area contributed by atoms with Crippen molar-refractivity contribution in [3.63, 3.8) is 0 Å². The second-order valence-corrected chi connectivity index (χ2v) is 9.58. The number of guanidine groups is 1. The van der Waals surface area contributed by atoms with Crippen molar-refractivity contribution in [1.82, 2.24) is 4.90 Å². The van der Waals surface area contributed by atoms with Gasteiger partial charge in [0.1, 0.15) is 5.54 Å². The molecular weight excluding hydrogens is 517 g/mol. The molecule has 2 aromatic rings. The van der Waals surface area contributed by atoms with Crippen molar-refractivity contribution in [3.8, 4) is 0 Å². The predicted octanol–water partition coefficient (Wildman–Crippen LogP) is 4.58. The summed E-state index contributed by atoms with van der Waals surface area (Å²) < 4.78 is 0.937. The van der Waals surface area contributed by atoms with Gasteiger partial charge in [0.05, 0.1) is 5.69 Å². The number of nitrogens with two attached hydrogens (primary N) is 2. The zero-order valence-corrected chi connectivity index (χ0v) is 20.6. The molecule has 1 aliphatic rings. The van der Waals surface area contributed by atoms with Crippen LogP contribution in [0.4, 0.5) is 10.5 Å². The predicted molar refractivity (Wildman–Crippen MR) is 132 cm³/mol. The fraction of sp³-hybridized carbons (Fsp3) is 0.318. The van der Waals surface area contributed by atoms with Gasteiger partial charge in [-0.1, -0.05) is 51.3 Å². The summed E-state index contributed by atoms with van der Waals surface area (Å²) in [6, 6.07) is 12.0. The second kappa shape index (κ2) is 10.1. The van der Waals surface area contributed by atoms with Gasteiger partial charge in [-0.2, -0.15) is 0 Å². The number of carbonyl (C=O) groups is 2. The van der Waals surface area contributed by atoms with E-state index >= 15 is 0 Å². The van der Waals surface area contributed by atoms with E-state index in [2.05, 4.69) is 20.9 Å². The zero-order valence-electron chi connectivity index (χ0n) is 17.5. The first-order valence-corrected chi connectivity index (χ1v) is 11.6. The fourth-order valence-corrected chi connectivity index (χ4v) is 4.55. The summed E-state index contributed by atoms with van der Waals surface area (Å²) >= 11 is 15.7. The first kappa shape index (κ1) is 24.4. The number of benzene rings is 2. The van der Waals surface area contributed by atoms with E-state index in [1.54, 1.807) is 30.0 Å². The Bertz CT molecular complexity index is 1020. The molecule has 1 saturated heterocycles. The standard InChI is InChI=1S/C22H24BrCl2N5O2/c1-22(13-14-4-6-15(23)7-5-14)19(31)30(18-11-16(24)10-17(25)12-18)21(32)29(22)9-3-2-8-28-20(26)27/h4-7,10-12H,2-3,8-9,13H2,1H3,(H4,26,27,28). The van der Waals surface area contributed by atoms with Crippen molar-refractivity contribution < 1.29 is 9.59 Å². The Morgan fingerprint density at radius 1 is 1.06 bits per heavy atom. The Hall–Kier alpha value is -2.29. The number of hydrogen-bond acceptors (Lipinski definition) is 3. The summed E-state index contributed by atoms with van der Waals surface area (Å²) in [4.78, 5) is 33.8. The van der Waals surface area contributed by atoms with E-state index < -0.39 is 11.6 Å². The minimum absolute atomic E-state index is 0.0292. The monoisotopic (exact) mass is 539 g/mol.